The lowest BCUT2D eigenvalue weighted by atomic mass is 9.33. The van der Waals surface area contributed by atoms with Crippen LogP contribution in [-0.2, 0) is 42.7 Å². The Morgan fingerprint density at radius 3 is 1.97 bits per heavy atom. The second-order valence-electron chi connectivity index (χ2n) is 25.5. The average Bonchev–Trinajstić information content (AvgIpc) is 3.32. The normalized spacial score (nSPS) is 54.7. The van der Waals surface area contributed by atoms with Crippen LogP contribution in [0.15, 0.2) is 11.6 Å². The van der Waals surface area contributed by atoms with Crippen LogP contribution in [0.4, 0.5) is 0 Å². The van der Waals surface area contributed by atoms with Crippen molar-refractivity contribution in [1.82, 2.24) is 0 Å². The zero-order chi connectivity index (χ0) is 53.3. The largest absolute Gasteiger partial charge is 0.432 e. The van der Waals surface area contributed by atoms with Crippen molar-refractivity contribution in [3.63, 3.8) is 0 Å². The van der Waals surface area contributed by atoms with Crippen LogP contribution in [0.25, 0.3) is 0 Å². The molecule has 27 atom stereocenters. The maximum absolute atomic E-state index is 14.7. The Morgan fingerprint density at radius 1 is 0.630 bits per heavy atom. The minimum absolute atomic E-state index is 0.0202. The first-order valence-electron chi connectivity index (χ1n) is 26.6. The van der Waals surface area contributed by atoms with Crippen molar-refractivity contribution in [2.75, 3.05) is 19.8 Å². The molecule has 0 spiro atoms. The molecule has 12 N–H and O–H groups in total. The van der Waals surface area contributed by atoms with E-state index < -0.39 is 158 Å². The maximum Gasteiger partial charge on any atom is 0.315 e. The average molecular weight is 1050 g/mol. The van der Waals surface area contributed by atoms with E-state index in [0.717, 1.165) is 25.7 Å². The van der Waals surface area contributed by atoms with Crippen LogP contribution in [-0.4, -0.2) is 210 Å². The van der Waals surface area contributed by atoms with Crippen molar-refractivity contribution in [2.24, 2.45) is 50.2 Å². The summed E-state index contributed by atoms with van der Waals surface area (Å²) in [6.07, 6.45) is -21.0. The minimum atomic E-state index is -1.84. The van der Waals surface area contributed by atoms with Gasteiger partial charge < -0.3 is 99.2 Å². The van der Waals surface area contributed by atoms with Crippen molar-refractivity contribution in [2.45, 2.75) is 236 Å². The first-order chi connectivity index (χ1) is 34.1. The van der Waals surface area contributed by atoms with Crippen LogP contribution in [0.5, 0.6) is 0 Å². The third-order valence-corrected chi connectivity index (χ3v) is 20.6. The molecule has 0 amide bonds. The van der Waals surface area contributed by atoms with Crippen LogP contribution >= 0.6 is 0 Å². The molecule has 0 aromatic rings. The van der Waals surface area contributed by atoms with Gasteiger partial charge in [-0.3, -0.25) is 4.79 Å². The molecule has 0 aromatic carbocycles. The van der Waals surface area contributed by atoms with E-state index in [9.17, 15) is 66.1 Å². The summed E-state index contributed by atoms with van der Waals surface area (Å²) >= 11 is 0. The highest BCUT2D eigenvalue weighted by atomic mass is 16.8. The minimum Gasteiger partial charge on any atom is -0.432 e. The third kappa shape index (κ3) is 9.10. The van der Waals surface area contributed by atoms with Crippen LogP contribution in [0, 0.1) is 50.2 Å². The highest BCUT2D eigenvalue weighted by Crippen LogP contribution is 2.76. The Hall–Kier alpha value is -1.55. The Bertz CT molecular complexity index is 2020. The van der Waals surface area contributed by atoms with Crippen molar-refractivity contribution in [1.29, 1.82) is 0 Å². The molecule has 0 aromatic heterocycles. The van der Waals surface area contributed by atoms with Crippen molar-refractivity contribution in [3.8, 4) is 0 Å². The number of fused-ring (bicyclic) bond motifs is 7. The van der Waals surface area contributed by atoms with E-state index >= 15 is 0 Å². The predicted molar refractivity (Wildman–Crippen MR) is 251 cm³/mol. The van der Waals surface area contributed by atoms with Crippen LogP contribution < -0.4 is 0 Å². The molecule has 9 aliphatic rings. The molecule has 4 heterocycles. The van der Waals surface area contributed by atoms with Crippen LogP contribution in [0.3, 0.4) is 0 Å². The van der Waals surface area contributed by atoms with Gasteiger partial charge in [-0.1, -0.05) is 60.1 Å². The topological polar surface area (TPSA) is 334 Å². The van der Waals surface area contributed by atoms with Gasteiger partial charge in [-0.25, -0.2) is 0 Å². The molecule has 4 aliphatic heterocycles. The number of carbonyl (C=O) groups is 1. The number of allylic oxidation sites excluding steroid dienone is 2. The van der Waals surface area contributed by atoms with E-state index in [-0.39, 0.29) is 40.6 Å². The summed E-state index contributed by atoms with van der Waals surface area (Å²) in [7, 11) is 0. The van der Waals surface area contributed by atoms with Gasteiger partial charge in [0.2, 0.25) is 6.29 Å². The fourth-order valence-corrected chi connectivity index (χ4v) is 16.0. The number of rotatable bonds is 9. The van der Waals surface area contributed by atoms with E-state index in [4.69, 9.17) is 37.9 Å². The molecule has 21 nitrogen and oxygen atoms in total. The smallest absolute Gasteiger partial charge is 0.315 e. The lowest BCUT2D eigenvalue weighted by Crippen LogP contribution is -2.69. The first kappa shape index (κ1) is 56.2. The number of hydrogen-bond donors (Lipinski definition) is 12. The molecule has 5 aliphatic carbocycles. The summed E-state index contributed by atoms with van der Waals surface area (Å²) in [5, 5.41) is 130. The number of ether oxygens (including phenoxy) is 8. The molecule has 8 fully saturated rings. The van der Waals surface area contributed by atoms with Crippen molar-refractivity contribution >= 4 is 5.97 Å². The number of carbonyl (C=O) groups excluding carboxylic acids is 1. The van der Waals surface area contributed by atoms with E-state index in [1.54, 1.807) is 6.92 Å². The highest BCUT2D eigenvalue weighted by molar-refractivity contribution is 5.79. The molecule has 0 radical (unpaired) electrons. The van der Waals surface area contributed by atoms with Gasteiger partial charge in [-0.2, -0.15) is 0 Å². The monoisotopic (exact) mass is 1040 g/mol. The lowest BCUT2D eigenvalue weighted by Gasteiger charge is -2.71. The summed E-state index contributed by atoms with van der Waals surface area (Å²) < 4.78 is 47.4. The summed E-state index contributed by atoms with van der Waals surface area (Å²) in [4.78, 5) is 14.7. The molecule has 418 valence electrons. The Morgan fingerprint density at radius 2 is 1.27 bits per heavy atom. The van der Waals surface area contributed by atoms with Gasteiger partial charge >= 0.3 is 5.97 Å². The van der Waals surface area contributed by atoms with Gasteiger partial charge in [0.25, 0.3) is 0 Å². The van der Waals surface area contributed by atoms with E-state index in [0.29, 0.717) is 32.1 Å². The summed E-state index contributed by atoms with van der Waals surface area (Å²) in [5.74, 6) is -0.556. The van der Waals surface area contributed by atoms with Crippen molar-refractivity contribution < 1.29 is 104 Å². The molecule has 9 rings (SSSR count). The van der Waals surface area contributed by atoms with Crippen LogP contribution in [0.2, 0.25) is 0 Å². The van der Waals surface area contributed by atoms with Gasteiger partial charge in [0, 0.05) is 0 Å². The van der Waals surface area contributed by atoms with Gasteiger partial charge in [-0.05, 0) is 110 Å². The van der Waals surface area contributed by atoms with E-state index in [1.807, 2.05) is 13.8 Å². The van der Waals surface area contributed by atoms with Crippen LogP contribution in [0.1, 0.15) is 113 Å². The fourth-order valence-electron chi connectivity index (χ4n) is 16.0. The van der Waals surface area contributed by atoms with E-state index in [1.165, 1.54) is 5.57 Å². The molecule has 4 saturated heterocycles. The molecule has 73 heavy (non-hydrogen) atoms. The standard InChI is InChI=1S/C52H84O21/c1-22-31(56)35(60)39(64)44(68-22)73-46(65)52-15-13-47(2,3)17-24(52)23-9-10-30-49(6)18-25(54)41(48(4,5)29(49)11-12-51(30,8)50(23,7)14-16-52)72-45-40(36(61)33(58)27(19-53)69-45)71-43-38(63)34(59)28(21-67-43)70-42-37(62)32(57)26(55)20-66-42/h9,22,24-45,53-64H,10-21H2,1-8H3/t22-,24-,25+,26+,27+,28+,29-,30+,31-,32+,33+,34-,35+,36-,37-,38+,39+,40+,41-,42+,43-,44-,45-,49-,50+,51+,52-/m0/s1. The zero-order valence-electron chi connectivity index (χ0n) is 43.4. The third-order valence-electron chi connectivity index (χ3n) is 20.6. The predicted octanol–water partition coefficient (Wildman–Crippen LogP) is -0.759. The quantitative estimate of drug-likeness (QED) is 0.0767. The molecular formula is C52H84O21. The Labute approximate surface area is 426 Å². The highest BCUT2D eigenvalue weighted by Gasteiger charge is 2.71. The van der Waals surface area contributed by atoms with Gasteiger partial charge in [0.15, 0.2) is 18.9 Å². The Kier molecular flexibility index (Phi) is 15.4. The van der Waals surface area contributed by atoms with Gasteiger partial charge in [0.1, 0.15) is 79.4 Å². The summed E-state index contributed by atoms with van der Waals surface area (Å²) in [6, 6.07) is 0. The second kappa shape index (κ2) is 20.0. The molecule has 0 unspecified atom stereocenters. The second-order valence-corrected chi connectivity index (χ2v) is 25.5. The van der Waals surface area contributed by atoms with Crippen molar-refractivity contribution in [3.05, 3.63) is 11.6 Å². The first-order valence-corrected chi connectivity index (χ1v) is 26.6. The number of aliphatic hydroxyl groups is 12. The number of aliphatic hydroxyl groups excluding tert-OH is 12. The van der Waals surface area contributed by atoms with Gasteiger partial charge in [0.05, 0.1) is 43.5 Å². The Balaban J connectivity index is 0.936. The molecule has 0 bridgehead atoms. The summed E-state index contributed by atoms with van der Waals surface area (Å²) in [6.45, 7) is 15.6. The molecule has 4 saturated carbocycles. The maximum atomic E-state index is 14.7. The summed E-state index contributed by atoms with van der Waals surface area (Å²) in [5.41, 5.74) is -1.54. The SMILES string of the molecule is C[C@@H]1O[C@@H](OC(=O)[C@]23CCC(C)(C)C[C@H]2C2=CC[C@@H]4[C@@]5(C)C[C@@H](O)[C@H](O[C@@H]6O[C@H](CO)[C@@H](O)[C@H](O)[C@H]6O[C@@H]6OC[C@@H](O[C@H]7OC[C@@H](O)[C@@H](O)[C@@H]7O)[C@H](O)[C@H]6O)C(C)(C)[C@@H]5CC[C@@]4(C)[C@]2(C)CC3)[C@H](O)[C@H](O)[C@H]1O. The zero-order valence-corrected chi connectivity index (χ0v) is 43.4. The lowest BCUT2D eigenvalue weighted by molar-refractivity contribution is -0.381. The fraction of sp³-hybridized carbons (Fsp3) is 0.942. The molecule has 21 heteroatoms. The molecular weight excluding hydrogens is 961 g/mol. The number of hydrogen-bond acceptors (Lipinski definition) is 21. The number of esters is 1. The van der Waals surface area contributed by atoms with Gasteiger partial charge in [-0.15, -0.1) is 0 Å². The van der Waals surface area contributed by atoms with E-state index in [2.05, 4.69) is 40.7 Å².